The summed E-state index contributed by atoms with van der Waals surface area (Å²) in [5, 5.41) is 10.9. The van der Waals surface area contributed by atoms with E-state index in [0.29, 0.717) is 13.1 Å². The molecule has 1 heterocycles. The Bertz CT molecular complexity index is 658. The number of nitro benzene ring substituents is 1. The SMILES string of the molecule is Cc1cccc(CN(C)Cc2ccc(N)c([N+](=O)[O-])c2)n1. The second-order valence-electron chi connectivity index (χ2n) is 5.09. The van der Waals surface area contributed by atoms with Gasteiger partial charge in [-0.1, -0.05) is 12.1 Å². The summed E-state index contributed by atoms with van der Waals surface area (Å²) in [4.78, 5) is 16.9. The zero-order valence-electron chi connectivity index (χ0n) is 12.1. The van der Waals surface area contributed by atoms with Crippen LogP contribution in [0, 0.1) is 17.0 Å². The second-order valence-corrected chi connectivity index (χ2v) is 5.09. The molecule has 1 aromatic carbocycles. The molecule has 6 nitrogen and oxygen atoms in total. The molecule has 0 aliphatic rings. The van der Waals surface area contributed by atoms with Crippen LogP contribution < -0.4 is 5.73 Å². The van der Waals surface area contributed by atoms with Gasteiger partial charge in [-0.25, -0.2) is 0 Å². The Morgan fingerprint density at radius 3 is 2.71 bits per heavy atom. The summed E-state index contributed by atoms with van der Waals surface area (Å²) in [6.07, 6.45) is 0. The number of rotatable bonds is 5. The van der Waals surface area contributed by atoms with Gasteiger partial charge in [-0.15, -0.1) is 0 Å². The van der Waals surface area contributed by atoms with Gasteiger partial charge in [0.05, 0.1) is 10.6 Å². The fraction of sp³-hybridized carbons (Fsp3) is 0.267. The minimum atomic E-state index is -0.457. The monoisotopic (exact) mass is 286 g/mol. The maximum atomic E-state index is 10.9. The molecule has 0 saturated carbocycles. The van der Waals surface area contributed by atoms with E-state index in [1.165, 1.54) is 6.07 Å². The second kappa shape index (κ2) is 6.32. The fourth-order valence-corrected chi connectivity index (χ4v) is 2.18. The Kier molecular flexibility index (Phi) is 4.49. The molecular weight excluding hydrogens is 268 g/mol. The molecule has 1 aromatic heterocycles. The van der Waals surface area contributed by atoms with E-state index >= 15 is 0 Å². The quantitative estimate of drug-likeness (QED) is 0.518. The molecule has 0 unspecified atom stereocenters. The molecule has 0 aliphatic heterocycles. The molecule has 0 fully saturated rings. The summed E-state index contributed by atoms with van der Waals surface area (Å²) in [7, 11) is 1.95. The zero-order chi connectivity index (χ0) is 15.4. The van der Waals surface area contributed by atoms with Gasteiger partial charge in [0.15, 0.2) is 0 Å². The highest BCUT2D eigenvalue weighted by Gasteiger charge is 2.13. The Hall–Kier alpha value is -2.47. The van der Waals surface area contributed by atoms with Gasteiger partial charge in [0, 0.05) is 24.8 Å². The van der Waals surface area contributed by atoms with Crippen molar-refractivity contribution in [3.8, 4) is 0 Å². The Balaban J connectivity index is 2.07. The number of aryl methyl sites for hydroxylation is 1. The molecule has 0 spiro atoms. The maximum Gasteiger partial charge on any atom is 0.292 e. The largest absolute Gasteiger partial charge is 0.393 e. The maximum absolute atomic E-state index is 10.9. The lowest BCUT2D eigenvalue weighted by atomic mass is 10.1. The minimum absolute atomic E-state index is 0.0467. The van der Waals surface area contributed by atoms with Gasteiger partial charge in [-0.3, -0.25) is 20.0 Å². The molecule has 0 saturated heterocycles. The van der Waals surface area contributed by atoms with E-state index in [-0.39, 0.29) is 11.4 Å². The highest BCUT2D eigenvalue weighted by Crippen LogP contribution is 2.23. The van der Waals surface area contributed by atoms with Crippen LogP contribution in [0.25, 0.3) is 0 Å². The molecule has 0 radical (unpaired) electrons. The molecule has 110 valence electrons. The third-order valence-corrected chi connectivity index (χ3v) is 3.12. The molecule has 0 bridgehead atoms. The average molecular weight is 286 g/mol. The Morgan fingerprint density at radius 2 is 2.05 bits per heavy atom. The van der Waals surface area contributed by atoms with Gasteiger partial charge in [0.2, 0.25) is 0 Å². The van der Waals surface area contributed by atoms with Crippen molar-refractivity contribution in [2.45, 2.75) is 20.0 Å². The number of benzene rings is 1. The van der Waals surface area contributed by atoms with Gasteiger partial charge in [0.1, 0.15) is 5.69 Å². The number of hydrogen-bond donors (Lipinski definition) is 1. The van der Waals surface area contributed by atoms with Crippen molar-refractivity contribution in [1.29, 1.82) is 0 Å². The molecular formula is C15H18N4O2. The number of anilines is 1. The summed E-state index contributed by atoms with van der Waals surface area (Å²) >= 11 is 0. The number of nitrogen functional groups attached to an aromatic ring is 1. The van der Waals surface area contributed by atoms with Gasteiger partial charge < -0.3 is 5.73 Å². The summed E-state index contributed by atoms with van der Waals surface area (Å²) < 4.78 is 0. The number of hydrogen-bond acceptors (Lipinski definition) is 5. The molecule has 2 rings (SSSR count). The first kappa shape index (κ1) is 14.9. The minimum Gasteiger partial charge on any atom is -0.393 e. The van der Waals surface area contributed by atoms with E-state index < -0.39 is 4.92 Å². The number of nitrogens with two attached hydrogens (primary N) is 1. The lowest BCUT2D eigenvalue weighted by Gasteiger charge is -2.16. The van der Waals surface area contributed by atoms with Crippen molar-refractivity contribution < 1.29 is 4.92 Å². The van der Waals surface area contributed by atoms with Gasteiger partial charge in [-0.05, 0) is 37.7 Å². The van der Waals surface area contributed by atoms with Crippen molar-refractivity contribution in [2.75, 3.05) is 12.8 Å². The van der Waals surface area contributed by atoms with Crippen molar-refractivity contribution in [2.24, 2.45) is 0 Å². The van der Waals surface area contributed by atoms with E-state index in [1.807, 2.05) is 38.2 Å². The van der Waals surface area contributed by atoms with Crippen LogP contribution in [-0.4, -0.2) is 21.9 Å². The van der Waals surface area contributed by atoms with Crippen LogP contribution in [0.3, 0.4) is 0 Å². The number of nitrogens with zero attached hydrogens (tertiary/aromatic N) is 3. The summed E-state index contributed by atoms with van der Waals surface area (Å²) in [5.41, 5.74) is 8.54. The number of pyridine rings is 1. The van der Waals surface area contributed by atoms with Crippen LogP contribution in [0.15, 0.2) is 36.4 Å². The van der Waals surface area contributed by atoms with Crippen LogP contribution in [0.1, 0.15) is 17.0 Å². The van der Waals surface area contributed by atoms with Crippen LogP contribution in [-0.2, 0) is 13.1 Å². The van der Waals surface area contributed by atoms with Crippen molar-refractivity contribution in [3.63, 3.8) is 0 Å². The first-order valence-corrected chi connectivity index (χ1v) is 6.59. The van der Waals surface area contributed by atoms with Gasteiger partial charge >= 0.3 is 0 Å². The summed E-state index contributed by atoms with van der Waals surface area (Å²) in [6, 6.07) is 10.8. The smallest absolute Gasteiger partial charge is 0.292 e. The molecule has 21 heavy (non-hydrogen) atoms. The van der Waals surface area contributed by atoms with Crippen molar-refractivity contribution >= 4 is 11.4 Å². The lowest BCUT2D eigenvalue weighted by molar-refractivity contribution is -0.384. The van der Waals surface area contributed by atoms with E-state index in [0.717, 1.165) is 17.0 Å². The number of nitro groups is 1. The van der Waals surface area contributed by atoms with Crippen molar-refractivity contribution in [3.05, 3.63) is 63.5 Å². The van der Waals surface area contributed by atoms with Crippen LogP contribution in [0.2, 0.25) is 0 Å². The summed E-state index contributed by atoms with van der Waals surface area (Å²) in [5.74, 6) is 0. The predicted octanol–water partition coefficient (Wildman–Crippen LogP) is 2.51. The van der Waals surface area contributed by atoms with Crippen LogP contribution in [0.5, 0.6) is 0 Å². The molecule has 0 amide bonds. The zero-order valence-corrected chi connectivity index (χ0v) is 12.1. The predicted molar refractivity (Wildman–Crippen MR) is 81.7 cm³/mol. The summed E-state index contributed by atoms with van der Waals surface area (Å²) in [6.45, 7) is 3.23. The van der Waals surface area contributed by atoms with Gasteiger partial charge in [-0.2, -0.15) is 0 Å². The van der Waals surface area contributed by atoms with Crippen molar-refractivity contribution in [1.82, 2.24) is 9.88 Å². The van der Waals surface area contributed by atoms with E-state index in [4.69, 9.17) is 5.73 Å². The Labute approximate surface area is 123 Å². The molecule has 0 aliphatic carbocycles. The highest BCUT2D eigenvalue weighted by atomic mass is 16.6. The van der Waals surface area contributed by atoms with E-state index in [1.54, 1.807) is 6.07 Å². The third kappa shape index (κ3) is 4.00. The topological polar surface area (TPSA) is 85.3 Å². The highest BCUT2D eigenvalue weighted by molar-refractivity contribution is 5.59. The molecule has 6 heteroatoms. The van der Waals surface area contributed by atoms with Gasteiger partial charge in [0.25, 0.3) is 5.69 Å². The first-order chi connectivity index (χ1) is 9.95. The van der Waals surface area contributed by atoms with Crippen LogP contribution in [0.4, 0.5) is 11.4 Å². The Morgan fingerprint density at radius 1 is 1.29 bits per heavy atom. The average Bonchev–Trinajstić information content (AvgIpc) is 2.40. The number of aromatic nitrogens is 1. The lowest BCUT2D eigenvalue weighted by Crippen LogP contribution is -2.18. The third-order valence-electron chi connectivity index (χ3n) is 3.12. The standard InChI is InChI=1S/C15H18N4O2/c1-11-4-3-5-13(17-11)10-18(2)9-12-6-7-14(16)15(8-12)19(20)21/h3-8H,9-10,16H2,1-2H3. The van der Waals surface area contributed by atoms with Crippen LogP contribution >= 0.6 is 0 Å². The fourth-order valence-electron chi connectivity index (χ4n) is 2.18. The molecule has 0 atom stereocenters. The normalized spacial score (nSPS) is 10.8. The molecule has 2 aromatic rings. The van der Waals surface area contributed by atoms with E-state index in [9.17, 15) is 10.1 Å². The van der Waals surface area contributed by atoms with E-state index in [2.05, 4.69) is 9.88 Å². The molecule has 2 N–H and O–H groups in total. The first-order valence-electron chi connectivity index (χ1n) is 6.59.